The topological polar surface area (TPSA) is 231 Å². The van der Waals surface area contributed by atoms with Gasteiger partial charge in [-0.1, -0.05) is 164 Å². The van der Waals surface area contributed by atoms with Gasteiger partial charge in [0.25, 0.3) is 0 Å². The van der Waals surface area contributed by atoms with Gasteiger partial charge in [0, 0.05) is 12.8 Å². The summed E-state index contributed by atoms with van der Waals surface area (Å²) in [7, 11) is 0. The molecule has 2 saturated heterocycles. The molecule has 0 amide bonds. The highest BCUT2D eigenvalue weighted by molar-refractivity contribution is 5.70. The fourth-order valence-corrected chi connectivity index (χ4v) is 8.38. The Labute approximate surface area is 432 Å². The molecule has 4 unspecified atom stereocenters. The molecule has 0 aromatic rings. The molecule has 2 aliphatic heterocycles. The molecule has 416 valence electrons. The minimum Gasteiger partial charge on any atom is -0.462 e. The second-order valence-electron chi connectivity index (χ2n) is 19.4. The predicted octanol–water partition coefficient (Wildman–Crippen LogP) is 8.83. The Hall–Kier alpha value is -2.80. The van der Waals surface area contributed by atoms with Gasteiger partial charge in [-0.3, -0.25) is 9.59 Å². The summed E-state index contributed by atoms with van der Waals surface area (Å²) in [4.78, 5) is 25.8. The van der Waals surface area contributed by atoms with Crippen LogP contribution in [0.5, 0.6) is 0 Å². The van der Waals surface area contributed by atoms with Crippen LogP contribution in [0.25, 0.3) is 0 Å². The number of carbonyl (C=O) groups is 2. The molecule has 0 aromatic heterocycles. The summed E-state index contributed by atoms with van der Waals surface area (Å²) in [6.45, 7) is 2.52. The van der Waals surface area contributed by atoms with E-state index in [1.807, 2.05) is 6.08 Å². The number of unbranched alkanes of at least 4 members (excludes halogenated alkanes) is 19. The van der Waals surface area contributed by atoms with Gasteiger partial charge in [-0.05, 0) is 77.0 Å². The molecule has 15 nitrogen and oxygen atoms in total. The molecule has 0 bridgehead atoms. The summed E-state index contributed by atoms with van der Waals surface area (Å²) >= 11 is 0. The number of hydrogen-bond acceptors (Lipinski definition) is 15. The van der Waals surface area contributed by atoms with Crippen molar-refractivity contribution in [3.05, 3.63) is 60.8 Å². The number of carbonyl (C=O) groups excluding carboxylic acids is 2. The van der Waals surface area contributed by atoms with Crippen molar-refractivity contribution < 1.29 is 73.8 Å². The summed E-state index contributed by atoms with van der Waals surface area (Å²) in [5.74, 6) is -0.996. The van der Waals surface area contributed by atoms with Gasteiger partial charge in [0.15, 0.2) is 18.7 Å². The third kappa shape index (κ3) is 30.5. The van der Waals surface area contributed by atoms with Gasteiger partial charge in [-0.25, -0.2) is 0 Å². The fourth-order valence-electron chi connectivity index (χ4n) is 8.38. The van der Waals surface area contributed by atoms with E-state index in [0.29, 0.717) is 19.3 Å². The van der Waals surface area contributed by atoms with Crippen LogP contribution in [0.2, 0.25) is 0 Å². The third-order valence-electron chi connectivity index (χ3n) is 13.0. The Kier molecular flexibility index (Phi) is 39.4. The minimum atomic E-state index is -1.78. The average molecular weight is 1020 g/mol. The fraction of sp³-hybridized carbons (Fsp3) is 0.789. The second kappa shape index (κ2) is 43.4. The molecule has 72 heavy (non-hydrogen) atoms. The van der Waals surface area contributed by atoms with Crippen LogP contribution in [-0.2, 0) is 38.0 Å². The van der Waals surface area contributed by atoms with E-state index >= 15 is 0 Å². The van der Waals surface area contributed by atoms with Crippen molar-refractivity contribution in [2.24, 2.45) is 0 Å². The summed E-state index contributed by atoms with van der Waals surface area (Å²) < 4.78 is 33.6. The molecule has 0 aromatic carbocycles. The van der Waals surface area contributed by atoms with E-state index in [9.17, 15) is 45.3 Å². The molecule has 0 saturated carbocycles. The molecule has 0 spiro atoms. The predicted molar refractivity (Wildman–Crippen MR) is 280 cm³/mol. The number of allylic oxidation sites excluding steroid dienone is 10. The van der Waals surface area contributed by atoms with Crippen molar-refractivity contribution in [2.45, 2.75) is 261 Å². The normalized spacial score (nSPS) is 25.5. The second-order valence-corrected chi connectivity index (χ2v) is 19.4. The van der Waals surface area contributed by atoms with Crippen LogP contribution in [0.4, 0.5) is 0 Å². The maximum Gasteiger partial charge on any atom is 0.306 e. The average Bonchev–Trinajstić information content (AvgIpc) is 3.37. The zero-order valence-electron chi connectivity index (χ0n) is 44.1. The van der Waals surface area contributed by atoms with Crippen LogP contribution in [0.3, 0.4) is 0 Å². The van der Waals surface area contributed by atoms with E-state index in [2.05, 4.69) is 68.5 Å². The van der Waals surface area contributed by atoms with Gasteiger partial charge in [-0.15, -0.1) is 0 Å². The number of ether oxygens (including phenoxy) is 6. The quantitative estimate of drug-likeness (QED) is 0.0172. The lowest BCUT2D eigenvalue weighted by atomic mass is 9.98. The Morgan fingerprint density at radius 3 is 1.38 bits per heavy atom. The van der Waals surface area contributed by atoms with Gasteiger partial charge >= 0.3 is 11.9 Å². The summed E-state index contributed by atoms with van der Waals surface area (Å²) in [5, 5.41) is 72.2. The SMILES string of the molecule is CCCCCC/C=C/CCCCCCCCCC(=O)O[C@@H](COC(=O)CCC/C=C/C/C=C/C/C=C/C/C=C/CCCCCCCCC)CO[C@@H]1O[C@H](CO[C@@H]2O[C@H](CO)[C@H](O)C(O)C2O)[C@H](O)C(O)C1O. The standard InChI is InChI=1S/C57H98O15/c1-3-5-7-9-11-13-15-17-19-20-21-22-23-24-26-27-29-31-33-35-37-39-48(59)67-42-45(70-49(60)40-38-36-34-32-30-28-25-18-16-14-12-10-8-6-4-2)43-68-56-55(66)53(64)51(62)47(72-56)44-69-57-54(65)52(63)50(61)46(41-58)71-57/h14,16,19-20,22-23,26-27,31,33,45-47,50-58,61-66H,3-13,15,17-18,21,24-25,28-30,32,34-44H2,1-2H3/b16-14+,20-19+,23-22+,27-26+,33-31+/t45-,46+,47+,50-,51-,52?,53?,54?,55?,56+,57+/m0/s1. The number of aliphatic hydroxyl groups excluding tert-OH is 7. The number of hydrogen-bond donors (Lipinski definition) is 7. The van der Waals surface area contributed by atoms with Crippen LogP contribution in [0.15, 0.2) is 60.8 Å². The van der Waals surface area contributed by atoms with Crippen molar-refractivity contribution >= 4 is 11.9 Å². The van der Waals surface area contributed by atoms with Crippen LogP contribution in [-0.4, -0.2) is 142 Å². The highest BCUT2D eigenvalue weighted by Gasteiger charge is 2.47. The van der Waals surface area contributed by atoms with Crippen molar-refractivity contribution in [3.8, 4) is 0 Å². The molecular formula is C57H98O15. The number of rotatable bonds is 43. The molecule has 11 atom stereocenters. The monoisotopic (exact) mass is 1020 g/mol. The maximum atomic E-state index is 13.0. The largest absolute Gasteiger partial charge is 0.462 e. The van der Waals surface area contributed by atoms with Crippen molar-refractivity contribution in [1.82, 2.24) is 0 Å². The van der Waals surface area contributed by atoms with Crippen molar-refractivity contribution in [3.63, 3.8) is 0 Å². The van der Waals surface area contributed by atoms with E-state index in [0.717, 1.165) is 64.2 Å². The van der Waals surface area contributed by atoms with Crippen molar-refractivity contribution in [2.75, 3.05) is 26.4 Å². The zero-order valence-corrected chi connectivity index (χ0v) is 44.1. The van der Waals surface area contributed by atoms with E-state index in [-0.39, 0.29) is 19.4 Å². The van der Waals surface area contributed by atoms with E-state index in [1.165, 1.54) is 83.5 Å². The summed E-state index contributed by atoms with van der Waals surface area (Å²) in [6.07, 6.45) is 33.9. The molecule has 15 heteroatoms. The Balaban J connectivity index is 1.80. The molecule has 0 radical (unpaired) electrons. The molecule has 2 rings (SSSR count). The first-order chi connectivity index (χ1) is 35.0. The van der Waals surface area contributed by atoms with E-state index in [1.54, 1.807) is 0 Å². The third-order valence-corrected chi connectivity index (χ3v) is 13.0. The van der Waals surface area contributed by atoms with Crippen LogP contribution in [0.1, 0.15) is 194 Å². The zero-order chi connectivity index (χ0) is 52.4. The lowest BCUT2D eigenvalue weighted by Crippen LogP contribution is -2.61. The molecular weight excluding hydrogens is 925 g/mol. The van der Waals surface area contributed by atoms with Crippen LogP contribution in [0, 0.1) is 0 Å². The van der Waals surface area contributed by atoms with Gasteiger partial charge in [0.2, 0.25) is 0 Å². The van der Waals surface area contributed by atoms with Crippen LogP contribution >= 0.6 is 0 Å². The number of esters is 2. The Morgan fingerprint density at radius 2 is 0.847 bits per heavy atom. The van der Waals surface area contributed by atoms with Gasteiger partial charge in [-0.2, -0.15) is 0 Å². The highest BCUT2D eigenvalue weighted by Crippen LogP contribution is 2.26. The lowest BCUT2D eigenvalue weighted by molar-refractivity contribution is -0.332. The van der Waals surface area contributed by atoms with E-state index < -0.39 is 99.3 Å². The van der Waals surface area contributed by atoms with Crippen LogP contribution < -0.4 is 0 Å². The molecule has 0 aliphatic carbocycles. The van der Waals surface area contributed by atoms with Gasteiger partial charge < -0.3 is 64.2 Å². The first-order valence-electron chi connectivity index (χ1n) is 27.9. The minimum absolute atomic E-state index is 0.139. The first-order valence-corrected chi connectivity index (χ1v) is 27.9. The summed E-state index contributed by atoms with van der Waals surface area (Å²) in [5.41, 5.74) is 0. The number of aliphatic hydroxyl groups is 7. The molecule has 7 N–H and O–H groups in total. The van der Waals surface area contributed by atoms with Gasteiger partial charge in [0.1, 0.15) is 55.4 Å². The molecule has 2 aliphatic rings. The maximum absolute atomic E-state index is 13.0. The van der Waals surface area contributed by atoms with Gasteiger partial charge in [0.05, 0.1) is 19.8 Å². The smallest absolute Gasteiger partial charge is 0.306 e. The summed E-state index contributed by atoms with van der Waals surface area (Å²) in [6, 6.07) is 0. The Bertz CT molecular complexity index is 1480. The van der Waals surface area contributed by atoms with Crippen molar-refractivity contribution in [1.29, 1.82) is 0 Å². The van der Waals surface area contributed by atoms with E-state index in [4.69, 9.17) is 28.4 Å². The lowest BCUT2D eigenvalue weighted by Gasteiger charge is -2.42. The molecule has 2 fully saturated rings. The first kappa shape index (κ1) is 65.3. The Morgan fingerprint density at radius 1 is 0.444 bits per heavy atom. The molecule has 2 heterocycles. The highest BCUT2D eigenvalue weighted by atomic mass is 16.7.